The lowest BCUT2D eigenvalue weighted by atomic mass is 10.3. The second-order valence-electron chi connectivity index (χ2n) is 6.11. The summed E-state index contributed by atoms with van der Waals surface area (Å²) in [6.07, 6.45) is 4.40. The van der Waals surface area contributed by atoms with Crippen LogP contribution in [0.2, 0.25) is 22.6 Å². The van der Waals surface area contributed by atoms with Gasteiger partial charge in [-0.1, -0.05) is 64.4 Å². The van der Waals surface area contributed by atoms with Crippen LogP contribution in [0.4, 0.5) is 0 Å². The van der Waals surface area contributed by atoms with E-state index in [-0.39, 0.29) is 0 Å². The highest BCUT2D eigenvalue weighted by Crippen LogP contribution is 2.17. The number of aromatic nitrogens is 3. The van der Waals surface area contributed by atoms with Crippen LogP contribution < -0.4 is 10.4 Å². The Morgan fingerprint density at radius 2 is 1.46 bits per heavy atom. The Kier molecular flexibility index (Phi) is 5.39. The number of hydrogen-bond donors (Lipinski definition) is 0. The molecule has 0 aliphatic carbocycles. The van der Waals surface area contributed by atoms with Gasteiger partial charge in [-0.15, -0.1) is 0 Å². The molecule has 0 amide bonds. The van der Waals surface area contributed by atoms with Crippen molar-refractivity contribution in [3.63, 3.8) is 0 Å². The van der Waals surface area contributed by atoms with Gasteiger partial charge in [0.05, 0.1) is 0 Å². The third-order valence-electron chi connectivity index (χ3n) is 4.49. The van der Waals surface area contributed by atoms with Crippen LogP contribution in [0.5, 0.6) is 0 Å². The van der Waals surface area contributed by atoms with E-state index in [1.165, 1.54) is 10.4 Å². The van der Waals surface area contributed by atoms with E-state index in [1.54, 1.807) is 12.7 Å². The van der Waals surface area contributed by atoms with Gasteiger partial charge in [0.15, 0.2) is 0 Å². The molecule has 0 aliphatic rings. The van der Waals surface area contributed by atoms with Crippen LogP contribution >= 0.6 is 23.2 Å². The first-order valence-electron chi connectivity index (χ1n) is 7.92. The Labute approximate surface area is 153 Å². The average molecular weight is 376 g/mol. The zero-order valence-corrected chi connectivity index (χ0v) is 16.0. The molecule has 2 aromatic carbocycles. The standard InChI is InChI=1S/C18H19Cl2N3Si/c1-24(17-7-3-15(19)4-8-17,18-9-5-16(20)6-10-18)12-2-11-23-14-21-13-22-23/h3-10,13-14H,2,11-12H2,1H3. The minimum absolute atomic E-state index is 0.772. The van der Waals surface area contributed by atoms with Gasteiger partial charge in [-0.2, -0.15) is 5.10 Å². The van der Waals surface area contributed by atoms with Gasteiger partial charge in [-0.05, 0) is 36.7 Å². The van der Waals surface area contributed by atoms with Gasteiger partial charge >= 0.3 is 0 Å². The average Bonchev–Trinajstić information content (AvgIpc) is 3.09. The van der Waals surface area contributed by atoms with Crippen molar-refractivity contribution in [1.82, 2.24) is 14.8 Å². The van der Waals surface area contributed by atoms with E-state index >= 15 is 0 Å². The summed E-state index contributed by atoms with van der Waals surface area (Å²) < 4.78 is 1.89. The van der Waals surface area contributed by atoms with Gasteiger partial charge in [-0.25, -0.2) is 4.98 Å². The van der Waals surface area contributed by atoms with Crippen molar-refractivity contribution in [1.29, 1.82) is 0 Å². The summed E-state index contributed by atoms with van der Waals surface area (Å²) in [4.78, 5) is 4.01. The SMILES string of the molecule is C[Si](CCCn1cncn1)(c1ccc(Cl)cc1)c1ccc(Cl)cc1. The minimum Gasteiger partial charge on any atom is -0.253 e. The summed E-state index contributed by atoms with van der Waals surface area (Å²) in [6.45, 7) is 3.28. The van der Waals surface area contributed by atoms with Crippen LogP contribution in [-0.2, 0) is 6.54 Å². The highest BCUT2D eigenvalue weighted by atomic mass is 35.5. The molecular formula is C18H19Cl2N3Si. The summed E-state index contributed by atoms with van der Waals surface area (Å²) in [5.74, 6) is 0. The van der Waals surface area contributed by atoms with Crippen LogP contribution in [0, 0.1) is 0 Å². The summed E-state index contributed by atoms with van der Waals surface area (Å²) in [7, 11) is -1.86. The van der Waals surface area contributed by atoms with E-state index in [0.29, 0.717) is 0 Å². The van der Waals surface area contributed by atoms with Crippen LogP contribution in [0.1, 0.15) is 6.42 Å². The molecule has 0 radical (unpaired) electrons. The first-order chi connectivity index (χ1) is 11.6. The first-order valence-corrected chi connectivity index (χ1v) is 11.4. The lowest BCUT2D eigenvalue weighted by Gasteiger charge is -2.29. The summed E-state index contributed by atoms with van der Waals surface area (Å²) >= 11 is 12.2. The lowest BCUT2D eigenvalue weighted by molar-refractivity contribution is 0.598. The molecule has 6 heteroatoms. The van der Waals surface area contributed by atoms with Crippen LogP contribution in [0.3, 0.4) is 0 Å². The predicted molar refractivity (Wildman–Crippen MR) is 103 cm³/mol. The van der Waals surface area contributed by atoms with Gasteiger partial charge in [0, 0.05) is 16.6 Å². The van der Waals surface area contributed by atoms with Crippen molar-refractivity contribution in [3.8, 4) is 0 Å². The van der Waals surface area contributed by atoms with Crippen LogP contribution in [0.15, 0.2) is 61.2 Å². The molecule has 3 aromatic rings. The van der Waals surface area contributed by atoms with E-state index < -0.39 is 8.07 Å². The number of benzene rings is 2. The van der Waals surface area contributed by atoms with Gasteiger partial charge < -0.3 is 0 Å². The third kappa shape index (κ3) is 3.89. The van der Waals surface area contributed by atoms with Gasteiger partial charge in [0.25, 0.3) is 0 Å². The minimum atomic E-state index is -1.86. The second-order valence-corrected chi connectivity index (χ2v) is 11.3. The molecule has 0 saturated heterocycles. The molecule has 0 atom stereocenters. The van der Waals surface area contributed by atoms with E-state index in [9.17, 15) is 0 Å². The third-order valence-corrected chi connectivity index (χ3v) is 9.57. The second kappa shape index (κ2) is 7.51. The molecule has 0 saturated carbocycles. The van der Waals surface area contributed by atoms with Crippen LogP contribution in [-0.4, -0.2) is 22.8 Å². The largest absolute Gasteiger partial charge is 0.253 e. The Morgan fingerprint density at radius 1 is 0.917 bits per heavy atom. The van der Waals surface area contributed by atoms with Crippen molar-refractivity contribution in [2.45, 2.75) is 25.6 Å². The maximum absolute atomic E-state index is 6.08. The maximum Gasteiger partial charge on any atom is 0.137 e. The van der Waals surface area contributed by atoms with Crippen molar-refractivity contribution in [2.24, 2.45) is 0 Å². The Hall–Kier alpha value is -1.62. The number of rotatable bonds is 6. The van der Waals surface area contributed by atoms with E-state index in [0.717, 1.165) is 29.1 Å². The topological polar surface area (TPSA) is 30.7 Å². The fraction of sp³-hybridized carbons (Fsp3) is 0.222. The normalized spacial score (nSPS) is 11.6. The molecule has 3 nitrogen and oxygen atoms in total. The monoisotopic (exact) mass is 375 g/mol. The van der Waals surface area contributed by atoms with Crippen molar-refractivity contribution >= 4 is 41.6 Å². The van der Waals surface area contributed by atoms with E-state index in [2.05, 4.69) is 40.9 Å². The number of hydrogen-bond acceptors (Lipinski definition) is 2. The summed E-state index contributed by atoms with van der Waals surface area (Å²) in [5.41, 5.74) is 0. The lowest BCUT2D eigenvalue weighted by Crippen LogP contribution is -2.55. The number of halogens is 2. The van der Waals surface area contributed by atoms with Gasteiger partial charge in [-0.3, -0.25) is 4.68 Å². The summed E-state index contributed by atoms with van der Waals surface area (Å²) in [5, 5.41) is 8.50. The predicted octanol–water partition coefficient (Wildman–Crippen LogP) is 3.87. The number of aryl methyl sites for hydroxylation is 1. The Balaban J connectivity index is 1.87. The fourth-order valence-corrected chi connectivity index (χ4v) is 6.87. The van der Waals surface area contributed by atoms with E-state index in [1.807, 2.05) is 28.9 Å². The van der Waals surface area contributed by atoms with Crippen molar-refractivity contribution < 1.29 is 0 Å². The highest BCUT2D eigenvalue weighted by molar-refractivity contribution is 7.01. The molecule has 0 bridgehead atoms. The molecule has 0 spiro atoms. The Morgan fingerprint density at radius 3 is 1.92 bits per heavy atom. The van der Waals surface area contributed by atoms with Crippen molar-refractivity contribution in [2.75, 3.05) is 0 Å². The fourth-order valence-electron chi connectivity index (χ4n) is 3.03. The molecule has 0 aliphatic heterocycles. The molecule has 0 unspecified atom stereocenters. The molecule has 0 fully saturated rings. The molecule has 1 aromatic heterocycles. The number of nitrogens with zero attached hydrogens (tertiary/aromatic N) is 3. The maximum atomic E-state index is 6.08. The zero-order valence-electron chi connectivity index (χ0n) is 13.5. The molecule has 124 valence electrons. The highest BCUT2D eigenvalue weighted by Gasteiger charge is 2.31. The Bertz CT molecular complexity index is 726. The van der Waals surface area contributed by atoms with E-state index in [4.69, 9.17) is 23.2 Å². The van der Waals surface area contributed by atoms with Crippen LogP contribution in [0.25, 0.3) is 0 Å². The van der Waals surface area contributed by atoms with Gasteiger partial charge in [0.1, 0.15) is 20.7 Å². The quantitative estimate of drug-likeness (QED) is 0.612. The molecule has 0 N–H and O–H groups in total. The zero-order chi connectivity index (χ0) is 17.0. The first kappa shape index (κ1) is 17.2. The smallest absolute Gasteiger partial charge is 0.137 e. The van der Waals surface area contributed by atoms with Crippen molar-refractivity contribution in [3.05, 3.63) is 71.2 Å². The molecule has 3 rings (SSSR count). The molecular weight excluding hydrogens is 357 g/mol. The molecule has 24 heavy (non-hydrogen) atoms. The molecule has 1 heterocycles. The summed E-state index contributed by atoms with van der Waals surface area (Å²) in [6, 6.07) is 17.7. The van der Waals surface area contributed by atoms with Gasteiger partial charge in [0.2, 0.25) is 0 Å².